The second-order valence-electron chi connectivity index (χ2n) is 3.41. The van der Waals surface area contributed by atoms with Crippen molar-refractivity contribution in [2.24, 2.45) is 0 Å². The molecule has 7 heteroatoms. The molecule has 4 nitrogen and oxygen atoms in total. The summed E-state index contributed by atoms with van der Waals surface area (Å²) < 4.78 is 43.2. The summed E-state index contributed by atoms with van der Waals surface area (Å²) in [5.41, 5.74) is 0.142. The third-order valence-corrected chi connectivity index (χ3v) is 2.26. The summed E-state index contributed by atoms with van der Waals surface area (Å²) in [6, 6.07) is 2.82. The minimum atomic E-state index is -1.55. The summed E-state index contributed by atoms with van der Waals surface area (Å²) >= 11 is 0. The van der Waals surface area contributed by atoms with Crippen LogP contribution in [-0.4, -0.2) is 23.3 Å². The van der Waals surface area contributed by atoms with E-state index < -0.39 is 23.4 Å². The Kier molecular flexibility index (Phi) is 3.05. The molecule has 0 atom stereocenters. The van der Waals surface area contributed by atoms with E-state index in [0.29, 0.717) is 0 Å². The van der Waals surface area contributed by atoms with Gasteiger partial charge in [-0.2, -0.15) is 5.10 Å². The Morgan fingerprint density at radius 1 is 1.22 bits per heavy atom. The lowest BCUT2D eigenvalue weighted by Crippen LogP contribution is -2.00. The van der Waals surface area contributed by atoms with E-state index in [4.69, 9.17) is 0 Å². The largest absolute Gasteiger partial charge is 0.464 e. The second kappa shape index (κ2) is 4.52. The Hall–Kier alpha value is -2.31. The van der Waals surface area contributed by atoms with E-state index >= 15 is 0 Å². The number of rotatable bonds is 2. The first-order valence-corrected chi connectivity index (χ1v) is 4.81. The van der Waals surface area contributed by atoms with Crippen LogP contribution in [0, 0.1) is 17.5 Å². The Bertz CT molecular complexity index is 587. The number of esters is 1. The molecule has 0 radical (unpaired) electrons. The molecule has 0 aliphatic rings. The van der Waals surface area contributed by atoms with Crippen LogP contribution in [0.25, 0.3) is 11.3 Å². The Balaban J connectivity index is 2.43. The van der Waals surface area contributed by atoms with Crippen molar-refractivity contribution >= 4 is 5.97 Å². The minimum absolute atomic E-state index is 0.0119. The van der Waals surface area contributed by atoms with Gasteiger partial charge in [-0.25, -0.2) is 18.0 Å². The number of halogens is 3. The molecular formula is C11H7F3N2O2. The van der Waals surface area contributed by atoms with Crippen molar-refractivity contribution in [2.75, 3.05) is 7.11 Å². The first kappa shape index (κ1) is 12.2. The van der Waals surface area contributed by atoms with E-state index in [9.17, 15) is 18.0 Å². The van der Waals surface area contributed by atoms with Gasteiger partial charge < -0.3 is 4.74 Å². The van der Waals surface area contributed by atoms with Crippen LogP contribution >= 0.6 is 0 Å². The van der Waals surface area contributed by atoms with Gasteiger partial charge in [0, 0.05) is 5.56 Å². The molecule has 18 heavy (non-hydrogen) atoms. The lowest BCUT2D eigenvalue weighted by Gasteiger charge is -1.99. The highest BCUT2D eigenvalue weighted by molar-refractivity contribution is 5.88. The molecule has 1 heterocycles. The number of carbonyl (C=O) groups is 1. The van der Waals surface area contributed by atoms with Gasteiger partial charge in [0.2, 0.25) is 0 Å². The monoisotopic (exact) mass is 256 g/mol. The third kappa shape index (κ3) is 2.06. The number of ether oxygens (including phenoxy) is 1. The van der Waals surface area contributed by atoms with Crippen LogP contribution in [0.4, 0.5) is 13.2 Å². The molecule has 0 saturated carbocycles. The summed E-state index contributed by atoms with van der Waals surface area (Å²) in [6.45, 7) is 0. The predicted octanol–water partition coefficient (Wildman–Crippen LogP) is 2.28. The molecule has 0 amide bonds. The Morgan fingerprint density at radius 3 is 2.39 bits per heavy atom. The molecule has 94 valence electrons. The third-order valence-electron chi connectivity index (χ3n) is 2.26. The van der Waals surface area contributed by atoms with Crippen molar-refractivity contribution in [3.8, 4) is 11.3 Å². The zero-order valence-electron chi connectivity index (χ0n) is 9.13. The average Bonchev–Trinajstić information content (AvgIpc) is 2.84. The van der Waals surface area contributed by atoms with Crippen molar-refractivity contribution in [1.82, 2.24) is 10.2 Å². The fraction of sp³-hybridized carbons (Fsp3) is 0.0909. The molecule has 0 unspecified atom stereocenters. The number of hydrogen-bond donors (Lipinski definition) is 1. The van der Waals surface area contributed by atoms with Crippen molar-refractivity contribution in [1.29, 1.82) is 0 Å². The Labute approximate surface area is 99.4 Å². The maximum absolute atomic E-state index is 13.0. The van der Waals surface area contributed by atoms with Gasteiger partial charge in [-0.15, -0.1) is 0 Å². The standard InChI is InChI=1S/C11H7F3N2O2/c1-18-11(17)9-4-8(15-16-9)5-2-6(12)10(14)7(13)3-5/h2-4H,1H3,(H,15,16). The molecular weight excluding hydrogens is 249 g/mol. The number of carbonyl (C=O) groups excluding carboxylic acids is 1. The van der Waals surface area contributed by atoms with Crippen molar-refractivity contribution in [3.05, 3.63) is 41.3 Å². The van der Waals surface area contributed by atoms with Crippen LogP contribution in [-0.2, 0) is 4.74 Å². The van der Waals surface area contributed by atoms with Crippen LogP contribution < -0.4 is 0 Å². The lowest BCUT2D eigenvalue weighted by molar-refractivity contribution is 0.0594. The maximum Gasteiger partial charge on any atom is 0.356 e. The van der Waals surface area contributed by atoms with E-state index in [1.807, 2.05) is 0 Å². The van der Waals surface area contributed by atoms with Gasteiger partial charge in [0.05, 0.1) is 12.8 Å². The van der Waals surface area contributed by atoms with Crippen molar-refractivity contribution in [3.63, 3.8) is 0 Å². The zero-order chi connectivity index (χ0) is 13.3. The van der Waals surface area contributed by atoms with E-state index in [0.717, 1.165) is 12.1 Å². The molecule has 0 bridgehead atoms. The summed E-state index contributed by atoms with van der Waals surface area (Å²) in [5.74, 6) is -4.88. The lowest BCUT2D eigenvalue weighted by atomic mass is 10.1. The average molecular weight is 256 g/mol. The number of H-pyrrole nitrogens is 1. The van der Waals surface area contributed by atoms with Gasteiger partial charge in [-0.1, -0.05) is 0 Å². The van der Waals surface area contributed by atoms with Gasteiger partial charge in [0.15, 0.2) is 17.5 Å². The van der Waals surface area contributed by atoms with Gasteiger partial charge in [-0.05, 0) is 18.2 Å². The summed E-state index contributed by atoms with van der Waals surface area (Å²) in [6.07, 6.45) is 0. The SMILES string of the molecule is COC(=O)c1cc(-c2cc(F)c(F)c(F)c2)n[nH]1. The molecule has 2 aromatic rings. The highest BCUT2D eigenvalue weighted by Gasteiger charge is 2.15. The molecule has 1 aromatic heterocycles. The highest BCUT2D eigenvalue weighted by Crippen LogP contribution is 2.22. The molecule has 0 spiro atoms. The molecule has 1 aromatic carbocycles. The van der Waals surface area contributed by atoms with E-state index in [1.165, 1.54) is 13.2 Å². The molecule has 0 saturated heterocycles. The number of benzene rings is 1. The van der Waals surface area contributed by atoms with E-state index in [-0.39, 0.29) is 17.0 Å². The molecule has 0 fully saturated rings. The summed E-state index contributed by atoms with van der Waals surface area (Å²) in [5, 5.41) is 6.03. The fourth-order valence-corrected chi connectivity index (χ4v) is 1.39. The number of methoxy groups -OCH3 is 1. The number of aromatic nitrogens is 2. The quantitative estimate of drug-likeness (QED) is 0.662. The summed E-state index contributed by atoms with van der Waals surface area (Å²) in [7, 11) is 1.18. The summed E-state index contributed by atoms with van der Waals surface area (Å²) in [4.78, 5) is 11.1. The number of aromatic amines is 1. The van der Waals surface area contributed by atoms with Crippen molar-refractivity contribution < 1.29 is 22.7 Å². The molecule has 2 rings (SSSR count). The number of nitrogens with zero attached hydrogens (tertiary/aromatic N) is 1. The predicted molar refractivity (Wildman–Crippen MR) is 55.2 cm³/mol. The van der Waals surface area contributed by atoms with Crippen LogP contribution in [0.2, 0.25) is 0 Å². The topological polar surface area (TPSA) is 55.0 Å². The van der Waals surface area contributed by atoms with Gasteiger partial charge in [0.25, 0.3) is 0 Å². The maximum atomic E-state index is 13.0. The highest BCUT2D eigenvalue weighted by atomic mass is 19.2. The fourth-order valence-electron chi connectivity index (χ4n) is 1.39. The van der Waals surface area contributed by atoms with Crippen LogP contribution in [0.3, 0.4) is 0 Å². The minimum Gasteiger partial charge on any atom is -0.464 e. The number of hydrogen-bond acceptors (Lipinski definition) is 3. The van der Waals surface area contributed by atoms with Gasteiger partial charge in [0.1, 0.15) is 5.69 Å². The smallest absolute Gasteiger partial charge is 0.356 e. The molecule has 0 aliphatic carbocycles. The van der Waals surface area contributed by atoms with E-state index in [1.54, 1.807) is 0 Å². The van der Waals surface area contributed by atoms with Crippen LogP contribution in [0.5, 0.6) is 0 Å². The second-order valence-corrected chi connectivity index (χ2v) is 3.41. The van der Waals surface area contributed by atoms with Gasteiger partial charge in [-0.3, -0.25) is 5.10 Å². The Morgan fingerprint density at radius 2 is 1.83 bits per heavy atom. The molecule has 0 aliphatic heterocycles. The van der Waals surface area contributed by atoms with Crippen LogP contribution in [0.15, 0.2) is 18.2 Å². The van der Waals surface area contributed by atoms with Crippen molar-refractivity contribution in [2.45, 2.75) is 0 Å². The number of nitrogens with one attached hydrogen (secondary N) is 1. The normalized spacial score (nSPS) is 10.4. The first-order valence-electron chi connectivity index (χ1n) is 4.81. The molecule has 1 N–H and O–H groups in total. The zero-order valence-corrected chi connectivity index (χ0v) is 9.13. The first-order chi connectivity index (χ1) is 8.52. The van der Waals surface area contributed by atoms with Gasteiger partial charge >= 0.3 is 5.97 Å². The van der Waals surface area contributed by atoms with Crippen LogP contribution in [0.1, 0.15) is 10.5 Å². The van der Waals surface area contributed by atoms with E-state index in [2.05, 4.69) is 14.9 Å².